The van der Waals surface area contributed by atoms with Crippen LogP contribution in [0.15, 0.2) is 46.8 Å². The number of aromatic carboxylic acids is 1. The van der Waals surface area contributed by atoms with Crippen molar-refractivity contribution in [2.75, 3.05) is 44.8 Å². The number of fused-ring (bicyclic) bond motifs is 2. The summed E-state index contributed by atoms with van der Waals surface area (Å²) in [5, 5.41) is 22.1. The first-order chi connectivity index (χ1) is 24.1. The highest BCUT2D eigenvalue weighted by Gasteiger charge is 2.41. The number of nitriles is 1. The molecule has 14 heteroatoms. The second-order valence-electron chi connectivity index (χ2n) is 12.6. The van der Waals surface area contributed by atoms with E-state index in [0.29, 0.717) is 63.2 Å². The SMILES string of the molecule is Cc1nc2cnc(N(C)C3CCN(CC4(F)COC4)CC3)c(C#N)c2c(=O)n1CC#Cc1ccc(Cl)cc1-c1ccnc2c(C(=O)O)csc12. The number of rotatable bonds is 7. The van der Waals surface area contributed by atoms with Gasteiger partial charge in [-0.05, 0) is 44.0 Å². The third-order valence-corrected chi connectivity index (χ3v) is 10.6. The van der Waals surface area contributed by atoms with Crippen molar-refractivity contribution in [1.29, 1.82) is 5.26 Å². The Morgan fingerprint density at radius 1 is 1.24 bits per heavy atom. The molecule has 7 rings (SSSR count). The number of hydrogen-bond acceptors (Lipinski definition) is 10. The average Bonchev–Trinajstić information content (AvgIpc) is 3.54. The van der Waals surface area contributed by atoms with Crippen LogP contribution in [-0.4, -0.2) is 87.1 Å². The Balaban J connectivity index is 1.18. The number of likely N-dealkylation sites (tertiary alicyclic amines) is 1. The van der Waals surface area contributed by atoms with E-state index in [0.717, 1.165) is 18.4 Å². The van der Waals surface area contributed by atoms with Crippen molar-refractivity contribution in [3.63, 3.8) is 0 Å². The number of pyridine rings is 2. The molecule has 0 radical (unpaired) electrons. The molecule has 0 atom stereocenters. The first-order valence-corrected chi connectivity index (χ1v) is 17.2. The molecular formula is C36H31ClFN7O4S. The molecule has 2 fully saturated rings. The summed E-state index contributed by atoms with van der Waals surface area (Å²) in [7, 11) is 1.87. The van der Waals surface area contributed by atoms with Gasteiger partial charge in [0.05, 0.1) is 52.6 Å². The van der Waals surface area contributed by atoms with Gasteiger partial charge in [-0.25, -0.2) is 19.2 Å². The number of carboxylic acids is 1. The number of halogens is 2. The minimum atomic E-state index is -1.27. The molecule has 1 N–H and O–H groups in total. The zero-order valence-electron chi connectivity index (χ0n) is 27.2. The van der Waals surface area contributed by atoms with Crippen LogP contribution >= 0.6 is 22.9 Å². The Morgan fingerprint density at radius 2 is 2.02 bits per heavy atom. The molecular weight excluding hydrogens is 681 g/mol. The largest absolute Gasteiger partial charge is 0.478 e. The van der Waals surface area contributed by atoms with Crippen LogP contribution in [0.25, 0.3) is 32.2 Å². The summed E-state index contributed by atoms with van der Waals surface area (Å²) in [5.41, 5.74) is 1.40. The zero-order valence-corrected chi connectivity index (χ0v) is 28.8. The average molecular weight is 712 g/mol. The molecule has 0 unspecified atom stereocenters. The number of carboxylic acid groups (broad SMARTS) is 1. The molecule has 0 bridgehead atoms. The highest BCUT2D eigenvalue weighted by molar-refractivity contribution is 7.18. The molecule has 1 aromatic carbocycles. The Kier molecular flexibility index (Phi) is 9.01. The summed E-state index contributed by atoms with van der Waals surface area (Å²) >= 11 is 7.67. The molecule has 6 heterocycles. The molecule has 2 aliphatic rings. The van der Waals surface area contributed by atoms with E-state index in [9.17, 15) is 24.3 Å². The Bertz CT molecular complexity index is 2330. The first kappa shape index (κ1) is 33.6. The third kappa shape index (κ3) is 6.18. The van der Waals surface area contributed by atoms with Gasteiger partial charge >= 0.3 is 5.97 Å². The molecule has 5 aromatic rings. The molecule has 2 aliphatic heterocycles. The zero-order chi connectivity index (χ0) is 35.2. The van der Waals surface area contributed by atoms with Gasteiger partial charge in [0.1, 0.15) is 23.3 Å². The number of ether oxygens (including phenoxy) is 1. The summed E-state index contributed by atoms with van der Waals surface area (Å²) < 4.78 is 21.8. The maximum absolute atomic E-state index is 14.6. The maximum Gasteiger partial charge on any atom is 0.338 e. The van der Waals surface area contributed by atoms with Crippen LogP contribution in [0.2, 0.25) is 5.02 Å². The Hall–Kier alpha value is -4.92. The van der Waals surface area contributed by atoms with Gasteiger partial charge in [0, 0.05) is 66.0 Å². The molecule has 0 amide bonds. The monoisotopic (exact) mass is 711 g/mol. The van der Waals surface area contributed by atoms with Crippen LogP contribution in [0, 0.1) is 30.1 Å². The second kappa shape index (κ2) is 13.4. The van der Waals surface area contributed by atoms with Gasteiger partial charge in [-0.15, -0.1) is 11.3 Å². The van der Waals surface area contributed by atoms with Gasteiger partial charge in [-0.3, -0.25) is 19.2 Å². The predicted molar refractivity (Wildman–Crippen MR) is 190 cm³/mol. The smallest absolute Gasteiger partial charge is 0.338 e. The van der Waals surface area contributed by atoms with Crippen LogP contribution in [0.1, 0.15) is 40.2 Å². The fraction of sp³-hybridized carbons (Fsp3) is 0.333. The Labute approximate surface area is 295 Å². The third-order valence-electron chi connectivity index (χ3n) is 9.37. The first-order valence-electron chi connectivity index (χ1n) is 16.0. The van der Waals surface area contributed by atoms with Crippen LogP contribution in [0.4, 0.5) is 10.2 Å². The molecule has 2 saturated heterocycles. The van der Waals surface area contributed by atoms with Crippen LogP contribution in [0.3, 0.4) is 0 Å². The van der Waals surface area contributed by atoms with Gasteiger partial charge in [0.2, 0.25) is 0 Å². The number of carbonyl (C=O) groups is 1. The van der Waals surface area contributed by atoms with E-state index in [4.69, 9.17) is 16.3 Å². The van der Waals surface area contributed by atoms with Crippen molar-refractivity contribution in [1.82, 2.24) is 24.4 Å². The summed E-state index contributed by atoms with van der Waals surface area (Å²) in [6.45, 7) is 3.75. The van der Waals surface area contributed by atoms with Crippen LogP contribution in [-0.2, 0) is 11.3 Å². The number of piperidine rings is 1. The van der Waals surface area contributed by atoms with Crippen molar-refractivity contribution >= 4 is 55.8 Å². The summed E-state index contributed by atoms with van der Waals surface area (Å²) in [5.74, 6) is 6.03. The second-order valence-corrected chi connectivity index (χ2v) is 13.9. The standard InChI is InChI=1S/C36H31ClFN7O4S/c1-21-42-29-16-41-33(43(2)24-8-12-44(13-9-24)18-36(38)19-49-20-36)27(15-39)30(29)34(46)45(21)11-3-4-22-5-6-23(37)14-26(22)25-7-10-40-31-28(35(47)48)17-50-32(25)31/h5-7,10,14,16-17,24H,8-9,11-13,18-20H2,1-2H3,(H,47,48). The number of anilines is 1. The quantitative estimate of drug-likeness (QED) is 0.222. The van der Waals surface area contributed by atoms with E-state index in [-0.39, 0.29) is 42.3 Å². The van der Waals surface area contributed by atoms with Gasteiger partial charge in [0.15, 0.2) is 5.67 Å². The minimum absolute atomic E-state index is 0.00151. The molecule has 50 heavy (non-hydrogen) atoms. The van der Waals surface area contributed by atoms with Gasteiger partial charge in [-0.2, -0.15) is 5.26 Å². The lowest BCUT2D eigenvalue weighted by atomic mass is 9.99. The number of hydrogen-bond donors (Lipinski definition) is 1. The number of alkyl halides is 1. The number of aryl methyl sites for hydroxylation is 1. The van der Waals surface area contributed by atoms with E-state index in [1.807, 2.05) is 11.9 Å². The maximum atomic E-state index is 14.6. The number of nitrogens with zero attached hydrogens (tertiary/aromatic N) is 7. The summed E-state index contributed by atoms with van der Waals surface area (Å²) in [4.78, 5) is 43.3. The van der Waals surface area contributed by atoms with E-state index in [1.54, 1.807) is 42.8 Å². The fourth-order valence-electron chi connectivity index (χ4n) is 6.68. The molecule has 0 aliphatic carbocycles. The van der Waals surface area contributed by atoms with Crippen molar-refractivity contribution in [2.45, 2.75) is 38.0 Å². The van der Waals surface area contributed by atoms with Crippen molar-refractivity contribution in [3.05, 3.63) is 79.9 Å². The van der Waals surface area contributed by atoms with E-state index >= 15 is 0 Å². The van der Waals surface area contributed by atoms with Crippen molar-refractivity contribution in [3.8, 4) is 29.0 Å². The lowest BCUT2D eigenvalue weighted by Gasteiger charge is -2.42. The van der Waals surface area contributed by atoms with E-state index in [2.05, 4.69) is 37.8 Å². The molecule has 11 nitrogen and oxygen atoms in total. The van der Waals surface area contributed by atoms with E-state index in [1.165, 1.54) is 22.1 Å². The lowest BCUT2D eigenvalue weighted by molar-refractivity contribution is -0.142. The van der Waals surface area contributed by atoms with Gasteiger partial charge in [0.25, 0.3) is 5.56 Å². The fourth-order valence-corrected chi connectivity index (χ4v) is 7.88. The van der Waals surface area contributed by atoms with Gasteiger partial charge in [-0.1, -0.05) is 23.4 Å². The number of benzene rings is 1. The summed E-state index contributed by atoms with van der Waals surface area (Å²) in [6, 6.07) is 9.33. The lowest BCUT2D eigenvalue weighted by Crippen LogP contribution is -2.56. The number of thiophene rings is 1. The van der Waals surface area contributed by atoms with Crippen molar-refractivity contribution in [2.24, 2.45) is 0 Å². The minimum Gasteiger partial charge on any atom is -0.478 e. The highest BCUT2D eigenvalue weighted by Crippen LogP contribution is 2.36. The highest BCUT2D eigenvalue weighted by atomic mass is 35.5. The predicted octanol–water partition coefficient (Wildman–Crippen LogP) is 5.29. The number of aromatic nitrogens is 4. The van der Waals surface area contributed by atoms with Gasteiger partial charge < -0.3 is 14.7 Å². The van der Waals surface area contributed by atoms with Crippen LogP contribution in [0.5, 0.6) is 0 Å². The molecule has 0 saturated carbocycles. The van der Waals surface area contributed by atoms with E-state index < -0.39 is 17.2 Å². The topological polar surface area (TPSA) is 137 Å². The Morgan fingerprint density at radius 3 is 2.72 bits per heavy atom. The summed E-state index contributed by atoms with van der Waals surface area (Å²) in [6.07, 6.45) is 4.60. The molecule has 0 spiro atoms. The van der Waals surface area contributed by atoms with Crippen molar-refractivity contribution < 1.29 is 19.0 Å². The normalized spacial score (nSPS) is 16.1. The van der Waals surface area contributed by atoms with Crippen LogP contribution < -0.4 is 10.5 Å². The molecule has 4 aromatic heterocycles. The molecule has 254 valence electrons.